The highest BCUT2D eigenvalue weighted by atomic mass is 35.7. The second kappa shape index (κ2) is 2.78. The van der Waals surface area contributed by atoms with Crippen LogP contribution in [0, 0.1) is 0 Å². The molecule has 0 saturated carbocycles. The quantitative estimate of drug-likeness (QED) is 0.356. The van der Waals surface area contributed by atoms with E-state index >= 15 is 0 Å². The predicted molar refractivity (Wildman–Crippen MR) is 33.8 cm³/mol. The van der Waals surface area contributed by atoms with E-state index in [2.05, 4.69) is 0 Å². The van der Waals surface area contributed by atoms with Gasteiger partial charge in [-0.1, -0.05) is 5.17 Å². The van der Waals surface area contributed by atoms with Gasteiger partial charge in [-0.15, -0.1) is 22.2 Å². The molecule has 36 valence electrons. The van der Waals surface area contributed by atoms with E-state index in [1.54, 1.807) is 0 Å². The molecule has 0 aromatic heterocycles. The van der Waals surface area contributed by atoms with Gasteiger partial charge in [0, 0.05) is 0 Å². The topological polar surface area (TPSA) is 0 Å². The summed E-state index contributed by atoms with van der Waals surface area (Å²) in [6.45, 7) is 3.88. The average molecular weight is 141 g/mol. The molecule has 0 aromatic carbocycles. The van der Waals surface area contributed by atoms with E-state index < -0.39 is 7.03 Å². The molecule has 0 amide bonds. The van der Waals surface area contributed by atoms with Crippen LogP contribution in [0.3, 0.4) is 0 Å². The fourth-order valence-electron chi connectivity index (χ4n) is 0. The Morgan fingerprint density at radius 2 is 1.50 bits per heavy atom. The molecule has 0 N–H and O–H groups in total. The Morgan fingerprint density at radius 3 is 1.50 bits per heavy atom. The van der Waals surface area contributed by atoms with Crippen LogP contribution in [0.15, 0.2) is 0 Å². The van der Waals surface area contributed by atoms with Gasteiger partial charge in [-0.2, -0.15) is 0 Å². The largest absolute Gasteiger partial charge is 0.231 e. The van der Waals surface area contributed by atoms with E-state index in [1.165, 1.54) is 0 Å². The van der Waals surface area contributed by atoms with E-state index in [0.29, 0.717) is 0 Å². The second-order valence-corrected chi connectivity index (χ2v) is 5.63. The Morgan fingerprint density at radius 1 is 1.33 bits per heavy atom. The molecule has 0 aliphatic rings. The lowest BCUT2D eigenvalue weighted by Gasteiger charge is -1.80. The lowest BCUT2D eigenvalue weighted by molar-refractivity contribution is 1.84. The van der Waals surface area contributed by atoms with Crippen LogP contribution in [0.2, 0.25) is 0 Å². The van der Waals surface area contributed by atoms with E-state index in [9.17, 15) is 0 Å². The maximum Gasteiger partial charge on any atom is 0.231 e. The summed E-state index contributed by atoms with van der Waals surface area (Å²) < 4.78 is 0. The summed E-state index contributed by atoms with van der Waals surface area (Å²) >= 11 is 10.9. The van der Waals surface area contributed by atoms with Crippen molar-refractivity contribution in [3.05, 3.63) is 0 Å². The van der Waals surface area contributed by atoms with Crippen LogP contribution in [0.5, 0.6) is 0 Å². The van der Waals surface area contributed by atoms with Crippen LogP contribution in [0.1, 0.15) is 13.8 Å². The summed E-state index contributed by atoms with van der Waals surface area (Å²) in [5.74, 6) is 0. The van der Waals surface area contributed by atoms with Gasteiger partial charge in [0.25, 0.3) is 0 Å². The molecule has 3 heteroatoms. The van der Waals surface area contributed by atoms with Crippen LogP contribution < -0.4 is 0 Å². The van der Waals surface area contributed by atoms with Crippen LogP contribution in [0.25, 0.3) is 0 Å². The molecule has 0 saturated heterocycles. The Labute approximate surface area is 48.7 Å². The SMILES string of the molecule is CC(C)=[Si](Cl)Cl. The number of hydrogen-bond acceptors (Lipinski definition) is 0. The maximum absolute atomic E-state index is 5.44. The van der Waals surface area contributed by atoms with Crippen molar-refractivity contribution >= 4 is 34.4 Å². The van der Waals surface area contributed by atoms with Gasteiger partial charge in [-0.25, -0.2) is 0 Å². The monoisotopic (exact) mass is 140 g/mol. The molecule has 0 unspecified atom stereocenters. The van der Waals surface area contributed by atoms with Crippen molar-refractivity contribution in [2.75, 3.05) is 0 Å². The van der Waals surface area contributed by atoms with Crippen LogP contribution in [0.4, 0.5) is 0 Å². The molecule has 0 aromatic rings. The summed E-state index contributed by atoms with van der Waals surface area (Å²) in [7, 11) is -1.09. The highest BCUT2D eigenvalue weighted by Gasteiger charge is 1.84. The molecule has 0 aliphatic heterocycles. The average Bonchev–Trinajstić information content (AvgIpc) is 1.36. The third-order valence-electron chi connectivity index (χ3n) is 0.378. The molecule has 0 nitrogen and oxygen atoms in total. The molecule has 0 atom stereocenters. The van der Waals surface area contributed by atoms with Gasteiger partial charge >= 0.3 is 0 Å². The molecule has 0 spiro atoms. The van der Waals surface area contributed by atoms with Crippen molar-refractivity contribution in [3.63, 3.8) is 0 Å². The predicted octanol–water partition coefficient (Wildman–Crippen LogP) is 1.75. The van der Waals surface area contributed by atoms with Crippen molar-refractivity contribution in [3.8, 4) is 0 Å². The minimum absolute atomic E-state index is 1.09. The fourth-order valence-corrected chi connectivity index (χ4v) is 0. The van der Waals surface area contributed by atoms with Gasteiger partial charge in [0.1, 0.15) is 0 Å². The minimum atomic E-state index is -1.09. The molecular weight excluding hydrogens is 135 g/mol. The molecule has 0 radical (unpaired) electrons. The Hall–Kier alpha value is 0.667. The molecule has 0 rings (SSSR count). The van der Waals surface area contributed by atoms with E-state index in [0.717, 1.165) is 5.17 Å². The summed E-state index contributed by atoms with van der Waals surface area (Å²) in [6, 6.07) is 0. The molecule has 6 heavy (non-hydrogen) atoms. The molecule has 0 bridgehead atoms. The molecule has 0 heterocycles. The highest BCUT2D eigenvalue weighted by molar-refractivity contribution is 7.35. The molecular formula is C3H6Cl2Si. The second-order valence-electron chi connectivity index (χ2n) is 1.26. The molecule has 0 fully saturated rings. The van der Waals surface area contributed by atoms with E-state index in [-0.39, 0.29) is 0 Å². The number of halogens is 2. The van der Waals surface area contributed by atoms with Crippen molar-refractivity contribution in [2.45, 2.75) is 13.8 Å². The normalized spacial score (nSPS) is 8.00. The van der Waals surface area contributed by atoms with Crippen LogP contribution in [-0.4, -0.2) is 12.2 Å². The van der Waals surface area contributed by atoms with Gasteiger partial charge in [0.05, 0.1) is 0 Å². The summed E-state index contributed by atoms with van der Waals surface area (Å²) in [6.07, 6.45) is 0. The third-order valence-corrected chi connectivity index (χ3v) is 3.40. The minimum Gasteiger partial charge on any atom is -0.118 e. The van der Waals surface area contributed by atoms with Gasteiger partial charge in [-0.3, -0.25) is 0 Å². The van der Waals surface area contributed by atoms with E-state index in [4.69, 9.17) is 22.2 Å². The number of rotatable bonds is 0. The Bertz CT molecular complexity index is 58.9. The smallest absolute Gasteiger partial charge is 0.118 e. The summed E-state index contributed by atoms with van der Waals surface area (Å²) in [5.41, 5.74) is 0. The zero-order chi connectivity index (χ0) is 5.15. The summed E-state index contributed by atoms with van der Waals surface area (Å²) in [4.78, 5) is 0. The first-order chi connectivity index (χ1) is 2.64. The Balaban J connectivity index is 3.68. The van der Waals surface area contributed by atoms with Gasteiger partial charge in [-0.05, 0) is 13.8 Å². The van der Waals surface area contributed by atoms with Gasteiger partial charge in [0.2, 0.25) is 7.03 Å². The van der Waals surface area contributed by atoms with E-state index in [1.807, 2.05) is 13.8 Å². The summed E-state index contributed by atoms with van der Waals surface area (Å²) in [5, 5.41) is 1.14. The van der Waals surface area contributed by atoms with Crippen LogP contribution >= 0.6 is 22.2 Å². The van der Waals surface area contributed by atoms with Gasteiger partial charge < -0.3 is 0 Å². The van der Waals surface area contributed by atoms with Crippen LogP contribution in [-0.2, 0) is 0 Å². The lowest BCUT2D eigenvalue weighted by Crippen LogP contribution is -1.91. The maximum atomic E-state index is 5.44. The first kappa shape index (κ1) is 6.67. The first-order valence-electron chi connectivity index (χ1n) is 1.63. The standard InChI is InChI=1S/C3H6Cl2Si/c1-3(2)6(4)5/h1-2H3. The zero-order valence-electron chi connectivity index (χ0n) is 3.76. The first-order valence-corrected chi connectivity index (χ1v) is 5.15. The van der Waals surface area contributed by atoms with Crippen molar-refractivity contribution < 1.29 is 0 Å². The van der Waals surface area contributed by atoms with Crippen molar-refractivity contribution in [2.24, 2.45) is 0 Å². The fraction of sp³-hybridized carbons (Fsp3) is 0.667. The third kappa shape index (κ3) is 2.88. The Kier molecular flexibility index (Phi) is 3.09. The lowest BCUT2D eigenvalue weighted by atomic mass is 10.6. The zero-order valence-corrected chi connectivity index (χ0v) is 6.27. The number of hydrogen-bond donors (Lipinski definition) is 0. The highest BCUT2D eigenvalue weighted by Crippen LogP contribution is 1.86. The van der Waals surface area contributed by atoms with Gasteiger partial charge in [0.15, 0.2) is 0 Å². The van der Waals surface area contributed by atoms with Crippen molar-refractivity contribution in [1.29, 1.82) is 0 Å². The van der Waals surface area contributed by atoms with Crippen molar-refractivity contribution in [1.82, 2.24) is 0 Å². The molecule has 0 aliphatic carbocycles.